The first-order valence-corrected chi connectivity index (χ1v) is 14.1. The fourth-order valence-electron chi connectivity index (χ4n) is 4.72. The van der Waals surface area contributed by atoms with Crippen molar-refractivity contribution in [3.8, 4) is 45.3 Å². The van der Waals surface area contributed by atoms with Crippen molar-refractivity contribution in [2.75, 3.05) is 0 Å². The van der Waals surface area contributed by atoms with Crippen molar-refractivity contribution in [2.24, 2.45) is 0 Å². The Balaban J connectivity index is 0.00000142. The van der Waals surface area contributed by atoms with Crippen molar-refractivity contribution in [1.29, 1.82) is 0 Å². The summed E-state index contributed by atoms with van der Waals surface area (Å²) in [5, 5.41) is 2.17. The van der Waals surface area contributed by atoms with Crippen molar-refractivity contribution >= 4 is 37.9 Å². The molecule has 0 saturated carbocycles. The van der Waals surface area contributed by atoms with Crippen molar-refractivity contribution in [3.63, 3.8) is 0 Å². The molecule has 2 aromatic heterocycles. The number of nitrogens with zero attached hydrogens (tertiary/aromatic N) is 3. The third kappa shape index (κ3) is 5.04. The van der Waals surface area contributed by atoms with Crippen molar-refractivity contribution < 1.29 is 4.42 Å². The van der Waals surface area contributed by atoms with E-state index in [0.29, 0.717) is 17.5 Å². The molecular formula is C35H26BrN3O. The predicted octanol–water partition coefficient (Wildman–Crippen LogP) is 10.2. The van der Waals surface area contributed by atoms with Gasteiger partial charge in [0.15, 0.2) is 17.5 Å². The van der Waals surface area contributed by atoms with Gasteiger partial charge < -0.3 is 4.42 Å². The molecule has 0 unspecified atom stereocenters. The summed E-state index contributed by atoms with van der Waals surface area (Å²) in [7, 11) is 0. The predicted molar refractivity (Wildman–Crippen MR) is 168 cm³/mol. The molecule has 0 atom stereocenters. The molecule has 0 bridgehead atoms. The molecule has 40 heavy (non-hydrogen) atoms. The van der Waals surface area contributed by atoms with Crippen molar-refractivity contribution in [1.82, 2.24) is 15.0 Å². The molecule has 0 saturated heterocycles. The molecule has 0 aliphatic carbocycles. The lowest BCUT2D eigenvalue weighted by Gasteiger charge is -2.10. The maximum absolute atomic E-state index is 6.14. The van der Waals surface area contributed by atoms with Crippen LogP contribution >= 0.6 is 15.9 Å². The Labute approximate surface area is 241 Å². The van der Waals surface area contributed by atoms with Crippen LogP contribution in [0.5, 0.6) is 0 Å². The number of rotatable bonds is 4. The molecule has 5 aromatic carbocycles. The van der Waals surface area contributed by atoms with E-state index in [9.17, 15) is 0 Å². The van der Waals surface area contributed by atoms with Crippen LogP contribution in [0.15, 0.2) is 130 Å². The highest BCUT2D eigenvalue weighted by Gasteiger charge is 2.15. The lowest BCUT2D eigenvalue weighted by molar-refractivity contribution is 0.669. The number of furan rings is 1. The van der Waals surface area contributed by atoms with E-state index in [1.807, 2.05) is 92.7 Å². The molecule has 0 N–H and O–H groups in total. The minimum Gasteiger partial charge on any atom is -0.456 e. The van der Waals surface area contributed by atoms with Gasteiger partial charge in [-0.25, -0.2) is 15.0 Å². The molecule has 0 radical (unpaired) electrons. The smallest absolute Gasteiger partial charge is 0.164 e. The molecule has 5 heteroatoms. The SMILES string of the molecule is Brc1cccc(-c2cccc(-c3nc(-c4ccccc4)nc(-c4ccc5c(c4)oc4ccccc45)n3)c2)c1.CC. The number of hydrogen-bond acceptors (Lipinski definition) is 4. The molecular weight excluding hydrogens is 558 g/mol. The standard InChI is InChI=1S/C33H20BrN3O.C2H6/c34-26-13-7-11-23(19-26)22-10-6-12-24(18-22)32-35-31(21-8-2-1-3-9-21)36-33(37-32)25-16-17-28-27-14-4-5-15-29(27)38-30(28)20-25;1-2/h1-20H;1-2H3. The van der Waals surface area contributed by atoms with Gasteiger partial charge in [-0.1, -0.05) is 115 Å². The molecule has 2 heterocycles. The Morgan fingerprint density at radius 1 is 0.450 bits per heavy atom. The van der Waals surface area contributed by atoms with Gasteiger partial charge in [0.05, 0.1) is 0 Å². The number of benzene rings is 5. The normalized spacial score (nSPS) is 10.9. The zero-order valence-corrected chi connectivity index (χ0v) is 23.8. The van der Waals surface area contributed by atoms with Gasteiger partial charge in [0.2, 0.25) is 0 Å². The largest absolute Gasteiger partial charge is 0.456 e. The molecule has 0 aliphatic rings. The van der Waals surface area contributed by atoms with E-state index in [1.165, 1.54) is 0 Å². The Morgan fingerprint density at radius 2 is 1.00 bits per heavy atom. The minimum atomic E-state index is 0.601. The second-order valence-electron chi connectivity index (χ2n) is 9.07. The van der Waals surface area contributed by atoms with Gasteiger partial charge in [0.25, 0.3) is 0 Å². The Bertz CT molecular complexity index is 1950. The first kappa shape index (κ1) is 25.7. The van der Waals surface area contributed by atoms with E-state index in [1.54, 1.807) is 0 Å². The number of hydrogen-bond donors (Lipinski definition) is 0. The lowest BCUT2D eigenvalue weighted by atomic mass is 10.0. The van der Waals surface area contributed by atoms with E-state index < -0.39 is 0 Å². The van der Waals surface area contributed by atoms with Gasteiger partial charge in [-0.3, -0.25) is 0 Å². The molecule has 0 fully saturated rings. The van der Waals surface area contributed by atoms with Gasteiger partial charge in [-0.2, -0.15) is 0 Å². The number of para-hydroxylation sites is 1. The van der Waals surface area contributed by atoms with Crippen LogP contribution in [0.4, 0.5) is 0 Å². The molecule has 4 nitrogen and oxygen atoms in total. The number of fused-ring (bicyclic) bond motifs is 3. The summed E-state index contributed by atoms with van der Waals surface area (Å²) in [5.41, 5.74) is 6.62. The summed E-state index contributed by atoms with van der Waals surface area (Å²) in [6.07, 6.45) is 0. The quantitative estimate of drug-likeness (QED) is 0.207. The summed E-state index contributed by atoms with van der Waals surface area (Å²) >= 11 is 3.58. The average Bonchev–Trinajstić information content (AvgIpc) is 3.40. The molecule has 0 aliphatic heterocycles. The van der Waals surface area contributed by atoms with Gasteiger partial charge >= 0.3 is 0 Å². The highest BCUT2D eigenvalue weighted by molar-refractivity contribution is 9.10. The molecule has 0 spiro atoms. The molecule has 7 rings (SSSR count). The third-order valence-electron chi connectivity index (χ3n) is 6.58. The van der Waals surface area contributed by atoms with E-state index in [0.717, 1.165) is 54.2 Å². The average molecular weight is 585 g/mol. The minimum absolute atomic E-state index is 0.601. The Kier molecular flexibility index (Phi) is 7.21. The highest BCUT2D eigenvalue weighted by atomic mass is 79.9. The maximum Gasteiger partial charge on any atom is 0.164 e. The van der Waals surface area contributed by atoms with E-state index in [-0.39, 0.29) is 0 Å². The summed E-state index contributed by atoms with van der Waals surface area (Å²) in [6, 6.07) is 40.8. The van der Waals surface area contributed by atoms with Crippen LogP contribution in [0.1, 0.15) is 13.8 Å². The lowest BCUT2D eigenvalue weighted by Crippen LogP contribution is -2.00. The third-order valence-corrected chi connectivity index (χ3v) is 7.08. The summed E-state index contributed by atoms with van der Waals surface area (Å²) in [5.74, 6) is 1.85. The van der Waals surface area contributed by atoms with Crippen LogP contribution in [-0.2, 0) is 0 Å². The summed E-state index contributed by atoms with van der Waals surface area (Å²) < 4.78 is 7.18. The number of halogens is 1. The topological polar surface area (TPSA) is 51.8 Å². The van der Waals surface area contributed by atoms with Crippen LogP contribution < -0.4 is 0 Å². The van der Waals surface area contributed by atoms with Crippen molar-refractivity contribution in [3.05, 3.63) is 126 Å². The fraction of sp³-hybridized carbons (Fsp3) is 0.0571. The van der Waals surface area contributed by atoms with Crippen LogP contribution in [0.25, 0.3) is 67.2 Å². The first-order valence-electron chi connectivity index (χ1n) is 13.3. The zero-order chi connectivity index (χ0) is 27.5. The number of aromatic nitrogens is 3. The Morgan fingerprint density at radius 3 is 1.75 bits per heavy atom. The van der Waals surface area contributed by atoms with E-state index in [4.69, 9.17) is 19.4 Å². The van der Waals surface area contributed by atoms with Crippen molar-refractivity contribution in [2.45, 2.75) is 13.8 Å². The van der Waals surface area contributed by atoms with E-state index in [2.05, 4.69) is 58.4 Å². The summed E-state index contributed by atoms with van der Waals surface area (Å²) in [4.78, 5) is 14.7. The maximum atomic E-state index is 6.14. The van der Waals surface area contributed by atoms with Gasteiger partial charge in [-0.05, 0) is 47.5 Å². The van der Waals surface area contributed by atoms with Crippen LogP contribution in [0.2, 0.25) is 0 Å². The van der Waals surface area contributed by atoms with Crippen LogP contribution in [-0.4, -0.2) is 15.0 Å². The molecule has 194 valence electrons. The monoisotopic (exact) mass is 583 g/mol. The zero-order valence-electron chi connectivity index (χ0n) is 22.2. The van der Waals surface area contributed by atoms with Crippen LogP contribution in [0, 0.1) is 0 Å². The van der Waals surface area contributed by atoms with E-state index >= 15 is 0 Å². The Hall–Kier alpha value is -4.61. The van der Waals surface area contributed by atoms with Gasteiger partial charge in [0, 0.05) is 31.9 Å². The van der Waals surface area contributed by atoms with Gasteiger partial charge in [-0.15, -0.1) is 0 Å². The second kappa shape index (κ2) is 11.2. The first-order chi connectivity index (χ1) is 19.7. The molecule has 0 amide bonds. The van der Waals surface area contributed by atoms with Gasteiger partial charge in [0.1, 0.15) is 11.2 Å². The highest BCUT2D eigenvalue weighted by Crippen LogP contribution is 2.33. The summed E-state index contributed by atoms with van der Waals surface area (Å²) in [6.45, 7) is 4.00. The molecule has 7 aromatic rings. The fourth-order valence-corrected chi connectivity index (χ4v) is 5.12. The van der Waals surface area contributed by atoms with Crippen LogP contribution in [0.3, 0.4) is 0 Å². The second-order valence-corrected chi connectivity index (χ2v) is 9.99.